The quantitative estimate of drug-likeness (QED) is 0.295. The molecule has 4 aromatic rings. The van der Waals surface area contributed by atoms with Crippen molar-refractivity contribution in [1.29, 1.82) is 0 Å². The average Bonchev–Trinajstić information content (AvgIpc) is 2.46. The van der Waals surface area contributed by atoms with Crippen molar-refractivity contribution in [2.24, 2.45) is 0 Å². The first kappa shape index (κ1) is 12.2. The van der Waals surface area contributed by atoms with Crippen molar-refractivity contribution in [3.8, 4) is 0 Å². The van der Waals surface area contributed by atoms with Gasteiger partial charge in [-0.2, -0.15) is 0 Å². The molecule has 0 spiro atoms. The van der Waals surface area contributed by atoms with Gasteiger partial charge < -0.3 is 0 Å². The molecule has 0 atom stereocenters. The standard InChI is InChI=1S/C16H8Br2N2/c17-13-7-3-9-1-5-11-12(15(9)19-13)6-2-10-4-8-14(18)20-16(10)11/h1-8H. The molecule has 0 fully saturated rings. The van der Waals surface area contributed by atoms with E-state index in [0.717, 1.165) is 41.8 Å². The van der Waals surface area contributed by atoms with Crippen LogP contribution < -0.4 is 0 Å². The molecule has 0 N–H and O–H groups in total. The van der Waals surface area contributed by atoms with Gasteiger partial charge in [0.05, 0.1) is 11.0 Å². The molecule has 96 valence electrons. The SMILES string of the molecule is Brc1ccc2ccc3c(ccc4ccc(Br)nc43)c2n1. The van der Waals surface area contributed by atoms with Gasteiger partial charge in [0.15, 0.2) is 0 Å². The molecular weight excluding hydrogens is 380 g/mol. The number of hydrogen-bond acceptors (Lipinski definition) is 2. The Balaban J connectivity index is 2.26. The summed E-state index contributed by atoms with van der Waals surface area (Å²) in [4.78, 5) is 9.22. The second-order valence-electron chi connectivity index (χ2n) is 4.64. The van der Waals surface area contributed by atoms with Crippen LogP contribution in [0.1, 0.15) is 0 Å². The van der Waals surface area contributed by atoms with E-state index in [0.29, 0.717) is 0 Å². The van der Waals surface area contributed by atoms with Gasteiger partial charge in [-0.05, 0) is 44.0 Å². The minimum atomic E-state index is 0.847. The van der Waals surface area contributed by atoms with Crippen molar-refractivity contribution >= 4 is 64.4 Å². The number of nitrogens with zero attached hydrogens (tertiary/aromatic N) is 2. The van der Waals surface area contributed by atoms with Crippen LogP contribution >= 0.6 is 31.9 Å². The fourth-order valence-corrected chi connectivity index (χ4v) is 3.15. The number of fused-ring (bicyclic) bond motifs is 5. The lowest BCUT2D eigenvalue weighted by Crippen LogP contribution is -1.86. The van der Waals surface area contributed by atoms with E-state index in [1.807, 2.05) is 12.1 Å². The van der Waals surface area contributed by atoms with Gasteiger partial charge in [0.25, 0.3) is 0 Å². The normalized spacial score (nSPS) is 11.5. The van der Waals surface area contributed by atoms with E-state index < -0.39 is 0 Å². The van der Waals surface area contributed by atoms with Crippen LogP contribution in [0.3, 0.4) is 0 Å². The second-order valence-corrected chi connectivity index (χ2v) is 6.26. The topological polar surface area (TPSA) is 25.8 Å². The minimum absolute atomic E-state index is 0.847. The molecule has 0 aliphatic rings. The molecular formula is C16H8Br2N2. The molecule has 2 nitrogen and oxygen atoms in total. The maximum absolute atomic E-state index is 4.61. The summed E-state index contributed by atoms with van der Waals surface area (Å²) in [6.45, 7) is 0. The van der Waals surface area contributed by atoms with E-state index in [4.69, 9.17) is 0 Å². The first-order valence-corrected chi connectivity index (χ1v) is 7.75. The molecule has 0 saturated heterocycles. The fraction of sp³-hybridized carbons (Fsp3) is 0. The summed E-state index contributed by atoms with van der Waals surface area (Å²) in [6, 6.07) is 16.5. The third-order valence-electron chi connectivity index (χ3n) is 3.44. The summed E-state index contributed by atoms with van der Waals surface area (Å²) in [5, 5.41) is 4.52. The predicted octanol–water partition coefficient (Wildman–Crippen LogP) is 5.46. The van der Waals surface area contributed by atoms with Gasteiger partial charge >= 0.3 is 0 Å². The van der Waals surface area contributed by atoms with Crippen LogP contribution in [0.15, 0.2) is 57.7 Å². The Kier molecular flexibility index (Phi) is 2.75. The Morgan fingerprint density at radius 2 is 0.950 bits per heavy atom. The minimum Gasteiger partial charge on any atom is -0.240 e. The van der Waals surface area contributed by atoms with Crippen LogP contribution in [0, 0.1) is 0 Å². The fourth-order valence-electron chi connectivity index (χ4n) is 2.53. The highest BCUT2D eigenvalue weighted by molar-refractivity contribution is 9.10. The molecule has 0 aliphatic carbocycles. The molecule has 2 heterocycles. The molecule has 20 heavy (non-hydrogen) atoms. The van der Waals surface area contributed by atoms with Gasteiger partial charge in [0.2, 0.25) is 0 Å². The summed E-state index contributed by atoms with van der Waals surface area (Å²) in [5.74, 6) is 0. The van der Waals surface area contributed by atoms with E-state index in [1.165, 1.54) is 0 Å². The summed E-state index contributed by atoms with van der Waals surface area (Å²) in [5.41, 5.74) is 2.00. The lowest BCUT2D eigenvalue weighted by atomic mass is 10.0. The van der Waals surface area contributed by atoms with Crippen LogP contribution in [0.25, 0.3) is 32.6 Å². The molecule has 4 heteroatoms. The first-order chi connectivity index (χ1) is 9.72. The lowest BCUT2D eigenvalue weighted by molar-refractivity contribution is 1.35. The number of halogens is 2. The maximum atomic E-state index is 4.61. The van der Waals surface area contributed by atoms with Crippen molar-refractivity contribution in [1.82, 2.24) is 9.97 Å². The van der Waals surface area contributed by atoms with Crippen LogP contribution in [0.2, 0.25) is 0 Å². The second kappa shape index (κ2) is 4.50. The molecule has 0 amide bonds. The highest BCUT2D eigenvalue weighted by Gasteiger charge is 2.07. The highest BCUT2D eigenvalue weighted by atomic mass is 79.9. The Morgan fingerprint density at radius 3 is 1.40 bits per heavy atom. The van der Waals surface area contributed by atoms with E-state index >= 15 is 0 Å². The van der Waals surface area contributed by atoms with Crippen molar-refractivity contribution in [3.63, 3.8) is 0 Å². The third kappa shape index (κ3) is 1.83. The number of benzene rings is 2. The van der Waals surface area contributed by atoms with E-state index in [-0.39, 0.29) is 0 Å². The number of rotatable bonds is 0. The molecule has 0 aliphatic heterocycles. The Hall–Kier alpha value is -1.52. The molecule has 0 radical (unpaired) electrons. The molecule has 0 unspecified atom stereocenters. The first-order valence-electron chi connectivity index (χ1n) is 6.17. The van der Waals surface area contributed by atoms with Crippen LogP contribution in [0.5, 0.6) is 0 Å². The average molecular weight is 388 g/mol. The third-order valence-corrected chi connectivity index (χ3v) is 4.33. The molecule has 2 aromatic carbocycles. The molecule has 2 aromatic heterocycles. The Bertz CT molecular complexity index is 899. The monoisotopic (exact) mass is 386 g/mol. The van der Waals surface area contributed by atoms with Gasteiger partial charge in [-0.25, -0.2) is 9.97 Å². The maximum Gasteiger partial charge on any atom is 0.106 e. The number of aromatic nitrogens is 2. The van der Waals surface area contributed by atoms with Crippen molar-refractivity contribution in [2.75, 3.05) is 0 Å². The van der Waals surface area contributed by atoms with Gasteiger partial charge in [-0.3, -0.25) is 0 Å². The van der Waals surface area contributed by atoms with Crippen molar-refractivity contribution in [2.45, 2.75) is 0 Å². The Labute approximate surface area is 132 Å². The predicted molar refractivity (Wildman–Crippen MR) is 90.0 cm³/mol. The van der Waals surface area contributed by atoms with Crippen LogP contribution in [0.4, 0.5) is 0 Å². The van der Waals surface area contributed by atoms with Crippen molar-refractivity contribution < 1.29 is 0 Å². The highest BCUT2D eigenvalue weighted by Crippen LogP contribution is 2.30. The summed E-state index contributed by atoms with van der Waals surface area (Å²) < 4.78 is 1.69. The van der Waals surface area contributed by atoms with E-state index in [9.17, 15) is 0 Å². The lowest BCUT2D eigenvalue weighted by Gasteiger charge is -2.07. The number of hydrogen-bond donors (Lipinski definition) is 0. The van der Waals surface area contributed by atoms with Gasteiger partial charge in [0.1, 0.15) is 9.21 Å². The Morgan fingerprint density at radius 1 is 0.550 bits per heavy atom. The van der Waals surface area contributed by atoms with Crippen LogP contribution in [-0.2, 0) is 0 Å². The zero-order valence-corrected chi connectivity index (χ0v) is 13.4. The molecule has 0 saturated carbocycles. The molecule has 4 rings (SSSR count). The summed E-state index contributed by atoms with van der Waals surface area (Å²) in [6.07, 6.45) is 0. The van der Waals surface area contributed by atoms with E-state index in [2.05, 4.69) is 78.2 Å². The van der Waals surface area contributed by atoms with Crippen molar-refractivity contribution in [3.05, 3.63) is 57.7 Å². The zero-order valence-electron chi connectivity index (χ0n) is 10.3. The van der Waals surface area contributed by atoms with Gasteiger partial charge in [0, 0.05) is 21.5 Å². The smallest absolute Gasteiger partial charge is 0.106 e. The molecule has 0 bridgehead atoms. The summed E-state index contributed by atoms with van der Waals surface area (Å²) >= 11 is 6.89. The van der Waals surface area contributed by atoms with E-state index in [1.54, 1.807) is 0 Å². The zero-order chi connectivity index (χ0) is 13.7. The summed E-state index contributed by atoms with van der Waals surface area (Å²) in [7, 11) is 0. The number of pyridine rings is 2. The van der Waals surface area contributed by atoms with Crippen LogP contribution in [-0.4, -0.2) is 9.97 Å². The van der Waals surface area contributed by atoms with Gasteiger partial charge in [-0.15, -0.1) is 0 Å². The van der Waals surface area contributed by atoms with Gasteiger partial charge in [-0.1, -0.05) is 36.4 Å². The largest absolute Gasteiger partial charge is 0.240 e.